The number of nitrogens with zero attached hydrogens (tertiary/aromatic N) is 3. The number of rotatable bonds is 5. The SMILES string of the molecule is CC(CC(F)(F)F)Nc1ncc2c(OC3CCOCC3)nccc2n1.OC1CCCCC1. The molecule has 1 aliphatic heterocycles. The van der Waals surface area contributed by atoms with Crippen molar-refractivity contribution < 1.29 is 27.8 Å². The van der Waals surface area contributed by atoms with E-state index in [1.165, 1.54) is 32.4 Å². The van der Waals surface area contributed by atoms with Gasteiger partial charge >= 0.3 is 6.18 Å². The molecule has 1 saturated heterocycles. The molecule has 3 heterocycles. The summed E-state index contributed by atoms with van der Waals surface area (Å²) in [5.74, 6) is 0.576. The Morgan fingerprint density at radius 3 is 2.50 bits per heavy atom. The average Bonchev–Trinajstić information content (AvgIpc) is 2.74. The third-order valence-electron chi connectivity index (χ3n) is 5.41. The van der Waals surface area contributed by atoms with Gasteiger partial charge in [0.1, 0.15) is 6.10 Å². The Hall–Kier alpha value is -2.20. The summed E-state index contributed by atoms with van der Waals surface area (Å²) in [6.45, 7) is 2.74. The Labute approximate surface area is 185 Å². The van der Waals surface area contributed by atoms with Gasteiger partial charge < -0.3 is 19.9 Å². The maximum atomic E-state index is 12.4. The Bertz CT molecular complexity index is 841. The predicted molar refractivity (Wildman–Crippen MR) is 115 cm³/mol. The van der Waals surface area contributed by atoms with E-state index in [0.717, 1.165) is 25.7 Å². The number of fused-ring (bicyclic) bond motifs is 1. The van der Waals surface area contributed by atoms with Crippen molar-refractivity contribution in [1.29, 1.82) is 0 Å². The smallest absolute Gasteiger partial charge is 0.391 e. The highest BCUT2D eigenvalue weighted by Crippen LogP contribution is 2.26. The molecule has 178 valence electrons. The lowest BCUT2D eigenvalue weighted by Crippen LogP contribution is -2.26. The van der Waals surface area contributed by atoms with Crippen LogP contribution in [0.3, 0.4) is 0 Å². The molecule has 0 radical (unpaired) electrons. The molecule has 7 nitrogen and oxygen atoms in total. The van der Waals surface area contributed by atoms with Gasteiger partial charge in [-0.05, 0) is 25.8 Å². The maximum Gasteiger partial charge on any atom is 0.391 e. The molecular formula is C22H31F3N4O3. The van der Waals surface area contributed by atoms with Crippen LogP contribution in [-0.4, -0.2) is 57.7 Å². The lowest BCUT2D eigenvalue weighted by atomic mass is 9.98. The zero-order valence-electron chi connectivity index (χ0n) is 18.3. The highest BCUT2D eigenvalue weighted by molar-refractivity contribution is 5.83. The van der Waals surface area contributed by atoms with Gasteiger partial charge in [0.05, 0.1) is 36.6 Å². The first-order valence-electron chi connectivity index (χ1n) is 11.2. The summed E-state index contributed by atoms with van der Waals surface area (Å²) in [4.78, 5) is 12.6. The van der Waals surface area contributed by atoms with Crippen molar-refractivity contribution >= 4 is 16.9 Å². The minimum Gasteiger partial charge on any atom is -0.474 e. The zero-order chi connectivity index (χ0) is 23.0. The van der Waals surface area contributed by atoms with Gasteiger partial charge in [0, 0.05) is 31.3 Å². The van der Waals surface area contributed by atoms with Gasteiger partial charge in [0.2, 0.25) is 11.8 Å². The highest BCUT2D eigenvalue weighted by Gasteiger charge is 2.30. The van der Waals surface area contributed by atoms with Crippen LogP contribution < -0.4 is 10.1 Å². The van der Waals surface area contributed by atoms with E-state index < -0.39 is 18.6 Å². The molecular weight excluding hydrogens is 425 g/mol. The van der Waals surface area contributed by atoms with Gasteiger partial charge in [0.15, 0.2) is 0 Å². The highest BCUT2D eigenvalue weighted by atomic mass is 19.4. The van der Waals surface area contributed by atoms with E-state index >= 15 is 0 Å². The Morgan fingerprint density at radius 1 is 1.16 bits per heavy atom. The van der Waals surface area contributed by atoms with E-state index in [1.807, 2.05) is 0 Å². The number of alkyl halides is 3. The molecule has 2 aromatic heterocycles. The molecule has 2 aromatic rings. The minimum atomic E-state index is -4.24. The fraction of sp³-hybridized carbons (Fsp3) is 0.682. The van der Waals surface area contributed by atoms with Crippen LogP contribution in [0.5, 0.6) is 5.88 Å². The van der Waals surface area contributed by atoms with Crippen LogP contribution in [0.15, 0.2) is 18.5 Å². The maximum absolute atomic E-state index is 12.4. The molecule has 10 heteroatoms. The molecule has 0 bridgehead atoms. The second kappa shape index (κ2) is 11.6. The number of nitrogens with one attached hydrogen (secondary N) is 1. The Kier molecular flexibility index (Phi) is 8.86. The summed E-state index contributed by atoms with van der Waals surface area (Å²) in [5, 5.41) is 12.2. The third kappa shape index (κ3) is 8.05. The summed E-state index contributed by atoms with van der Waals surface area (Å²) in [6, 6.07) is 0.852. The predicted octanol–water partition coefficient (Wildman–Crippen LogP) is 4.65. The molecule has 1 saturated carbocycles. The molecule has 1 unspecified atom stereocenters. The number of aliphatic hydroxyl groups excluding tert-OH is 1. The number of aromatic nitrogens is 3. The summed E-state index contributed by atoms with van der Waals surface area (Å²) in [6.07, 6.45) is 5.41. The molecule has 2 fully saturated rings. The molecule has 2 N–H and O–H groups in total. The molecule has 0 spiro atoms. The van der Waals surface area contributed by atoms with Crippen LogP contribution in [0, 0.1) is 0 Å². The van der Waals surface area contributed by atoms with Gasteiger partial charge in [-0.25, -0.2) is 15.0 Å². The summed E-state index contributed by atoms with van der Waals surface area (Å²) in [7, 11) is 0. The average molecular weight is 457 g/mol. The lowest BCUT2D eigenvalue weighted by Gasteiger charge is -2.23. The van der Waals surface area contributed by atoms with Gasteiger partial charge in [-0.1, -0.05) is 19.3 Å². The van der Waals surface area contributed by atoms with Gasteiger partial charge in [-0.2, -0.15) is 13.2 Å². The van der Waals surface area contributed by atoms with Crippen LogP contribution in [0.2, 0.25) is 0 Å². The van der Waals surface area contributed by atoms with Gasteiger partial charge in [-0.15, -0.1) is 0 Å². The second-order valence-corrected chi connectivity index (χ2v) is 8.33. The van der Waals surface area contributed by atoms with Crippen molar-refractivity contribution in [3.8, 4) is 5.88 Å². The van der Waals surface area contributed by atoms with Gasteiger partial charge in [0.25, 0.3) is 0 Å². The Morgan fingerprint density at radius 2 is 1.88 bits per heavy atom. The summed E-state index contributed by atoms with van der Waals surface area (Å²) in [5.41, 5.74) is 0.564. The number of hydrogen-bond acceptors (Lipinski definition) is 7. The van der Waals surface area contributed by atoms with Crippen LogP contribution in [0.4, 0.5) is 19.1 Å². The monoisotopic (exact) mass is 456 g/mol. The summed E-state index contributed by atoms with van der Waals surface area (Å²) < 4.78 is 48.5. The van der Waals surface area contributed by atoms with E-state index in [4.69, 9.17) is 14.6 Å². The largest absolute Gasteiger partial charge is 0.474 e. The number of anilines is 1. The first-order chi connectivity index (χ1) is 15.3. The minimum absolute atomic E-state index is 0.0245. The molecule has 1 aliphatic carbocycles. The zero-order valence-corrected chi connectivity index (χ0v) is 18.3. The molecule has 1 atom stereocenters. The molecule has 0 amide bonds. The normalized spacial score (nSPS) is 19.2. The van der Waals surface area contributed by atoms with E-state index in [9.17, 15) is 13.2 Å². The fourth-order valence-electron chi connectivity index (χ4n) is 3.75. The first kappa shape index (κ1) is 24.4. The number of aliphatic hydroxyl groups is 1. The number of ether oxygens (including phenoxy) is 2. The number of hydrogen-bond donors (Lipinski definition) is 2. The molecule has 32 heavy (non-hydrogen) atoms. The van der Waals surface area contributed by atoms with Crippen LogP contribution >= 0.6 is 0 Å². The molecule has 2 aliphatic rings. The second-order valence-electron chi connectivity index (χ2n) is 8.33. The fourth-order valence-corrected chi connectivity index (χ4v) is 3.75. The van der Waals surface area contributed by atoms with Crippen molar-refractivity contribution in [3.05, 3.63) is 18.5 Å². The van der Waals surface area contributed by atoms with E-state index in [0.29, 0.717) is 30.0 Å². The van der Waals surface area contributed by atoms with Crippen molar-refractivity contribution in [2.45, 2.75) is 82.7 Å². The van der Waals surface area contributed by atoms with E-state index in [-0.39, 0.29) is 18.2 Å². The van der Waals surface area contributed by atoms with Crippen LogP contribution in [-0.2, 0) is 4.74 Å². The quantitative estimate of drug-likeness (QED) is 0.677. The van der Waals surface area contributed by atoms with Crippen molar-refractivity contribution in [3.63, 3.8) is 0 Å². The van der Waals surface area contributed by atoms with Gasteiger partial charge in [-0.3, -0.25) is 0 Å². The van der Waals surface area contributed by atoms with Crippen molar-refractivity contribution in [1.82, 2.24) is 15.0 Å². The topological polar surface area (TPSA) is 89.4 Å². The third-order valence-corrected chi connectivity index (χ3v) is 5.41. The van der Waals surface area contributed by atoms with Crippen molar-refractivity contribution in [2.24, 2.45) is 0 Å². The number of halogens is 3. The lowest BCUT2D eigenvalue weighted by molar-refractivity contribution is -0.136. The Balaban J connectivity index is 0.000000352. The van der Waals surface area contributed by atoms with E-state index in [1.54, 1.807) is 12.3 Å². The first-order valence-corrected chi connectivity index (χ1v) is 11.2. The molecule has 0 aromatic carbocycles. The van der Waals surface area contributed by atoms with Crippen LogP contribution in [0.25, 0.3) is 10.9 Å². The molecule has 4 rings (SSSR count). The summed E-state index contributed by atoms with van der Waals surface area (Å²) >= 11 is 0. The van der Waals surface area contributed by atoms with E-state index in [2.05, 4.69) is 20.3 Å². The number of pyridine rings is 1. The van der Waals surface area contributed by atoms with Crippen molar-refractivity contribution in [2.75, 3.05) is 18.5 Å². The van der Waals surface area contributed by atoms with Crippen LogP contribution in [0.1, 0.15) is 58.3 Å². The standard InChI is InChI=1S/C16H19F3N4O2.C6H12O/c1-10(8-16(17,18)19)22-15-21-9-12-13(23-15)2-5-20-14(12)25-11-3-6-24-7-4-11;7-6-4-2-1-3-5-6/h2,5,9-11H,3-4,6-8H2,1H3,(H,21,22,23);6-7H,1-5H2.